The zero-order valence-electron chi connectivity index (χ0n) is 14.2. The van der Waals surface area contributed by atoms with Crippen molar-refractivity contribution in [3.63, 3.8) is 0 Å². The van der Waals surface area contributed by atoms with Crippen molar-refractivity contribution in [3.05, 3.63) is 54.3 Å². The molecule has 0 amide bonds. The zero-order valence-corrected chi connectivity index (χ0v) is 14.2. The molecule has 1 aliphatic carbocycles. The molecular weight excluding hydrogens is 346 g/mol. The summed E-state index contributed by atoms with van der Waals surface area (Å²) < 4.78 is 57.3. The minimum absolute atomic E-state index is 0.0112. The first-order valence-corrected chi connectivity index (χ1v) is 8.74. The van der Waals surface area contributed by atoms with Crippen LogP contribution in [0.3, 0.4) is 0 Å². The fourth-order valence-electron chi connectivity index (χ4n) is 3.34. The highest BCUT2D eigenvalue weighted by molar-refractivity contribution is 5.49. The highest BCUT2D eigenvalue weighted by Crippen LogP contribution is 2.40. The van der Waals surface area contributed by atoms with Crippen molar-refractivity contribution >= 4 is 5.69 Å². The Hall–Kier alpha value is -2.24. The normalized spacial score (nSPS) is 20.6. The van der Waals surface area contributed by atoms with Crippen LogP contribution in [0.1, 0.15) is 25.7 Å². The summed E-state index contributed by atoms with van der Waals surface area (Å²) >= 11 is 0. The van der Waals surface area contributed by atoms with Gasteiger partial charge < -0.3 is 10.1 Å². The van der Waals surface area contributed by atoms with Gasteiger partial charge in [-0.15, -0.1) is 0 Å². The quantitative estimate of drug-likeness (QED) is 0.618. The largest absolute Gasteiger partial charge is 0.457 e. The third-order valence-corrected chi connectivity index (χ3v) is 4.72. The van der Waals surface area contributed by atoms with Gasteiger partial charge in [0, 0.05) is 18.3 Å². The first kappa shape index (κ1) is 18.5. The van der Waals surface area contributed by atoms with Gasteiger partial charge in [0.1, 0.15) is 17.3 Å². The van der Waals surface area contributed by atoms with Crippen molar-refractivity contribution in [2.75, 3.05) is 11.9 Å². The predicted molar refractivity (Wildman–Crippen MR) is 92.9 cm³/mol. The standard InChI is InChI=1S/C20H21F4NO/c21-16-7-9-18(10-8-16)26-19-6-2-5-17(12-19)25-13-14-3-1-4-15(11-14)20(22,23)24/h2,5-10,12,14-15,25H,1,3-4,11,13H2. The molecule has 0 heterocycles. The molecule has 1 saturated carbocycles. The van der Waals surface area contributed by atoms with E-state index in [0.717, 1.165) is 12.1 Å². The van der Waals surface area contributed by atoms with Gasteiger partial charge in [-0.2, -0.15) is 13.2 Å². The van der Waals surface area contributed by atoms with Crippen LogP contribution in [0.2, 0.25) is 0 Å². The predicted octanol–water partition coefficient (Wildman–Crippen LogP) is 6.40. The second-order valence-corrected chi connectivity index (χ2v) is 6.74. The molecule has 2 unspecified atom stereocenters. The lowest BCUT2D eigenvalue weighted by molar-refractivity contribution is -0.185. The van der Waals surface area contributed by atoms with Gasteiger partial charge in [-0.3, -0.25) is 0 Å². The molecule has 0 bridgehead atoms. The third kappa shape index (κ3) is 5.13. The molecule has 2 atom stereocenters. The molecule has 1 aliphatic rings. The number of nitrogens with one attached hydrogen (secondary N) is 1. The summed E-state index contributed by atoms with van der Waals surface area (Å²) in [6, 6.07) is 12.9. The number of hydrogen-bond acceptors (Lipinski definition) is 2. The minimum atomic E-state index is -4.10. The smallest absolute Gasteiger partial charge is 0.391 e. The Kier molecular flexibility index (Phi) is 5.69. The number of anilines is 1. The van der Waals surface area contributed by atoms with Crippen molar-refractivity contribution in [2.45, 2.75) is 31.9 Å². The van der Waals surface area contributed by atoms with Gasteiger partial charge in [0.15, 0.2) is 0 Å². The van der Waals surface area contributed by atoms with E-state index in [4.69, 9.17) is 4.74 Å². The van der Waals surface area contributed by atoms with Crippen molar-refractivity contribution < 1.29 is 22.3 Å². The summed E-state index contributed by atoms with van der Waals surface area (Å²) in [7, 11) is 0. The van der Waals surface area contributed by atoms with Gasteiger partial charge in [0.2, 0.25) is 0 Å². The van der Waals surface area contributed by atoms with Crippen LogP contribution < -0.4 is 10.1 Å². The van der Waals surface area contributed by atoms with Crippen molar-refractivity contribution in [2.24, 2.45) is 11.8 Å². The molecule has 2 nitrogen and oxygen atoms in total. The molecule has 0 aromatic heterocycles. The van der Waals surface area contributed by atoms with Crippen LogP contribution >= 0.6 is 0 Å². The average molecular weight is 367 g/mol. The summed E-state index contributed by atoms with van der Waals surface area (Å²) in [5.41, 5.74) is 0.791. The SMILES string of the molecule is Fc1ccc(Oc2cccc(NCC3CCCC(C(F)(F)F)C3)c2)cc1. The number of alkyl halides is 3. The number of rotatable bonds is 5. The molecule has 3 rings (SSSR count). The Labute approximate surface area is 150 Å². The molecule has 0 spiro atoms. The van der Waals surface area contributed by atoms with E-state index in [1.165, 1.54) is 24.3 Å². The van der Waals surface area contributed by atoms with E-state index in [-0.39, 0.29) is 24.6 Å². The summed E-state index contributed by atoms with van der Waals surface area (Å²) in [4.78, 5) is 0. The van der Waals surface area contributed by atoms with E-state index in [1.54, 1.807) is 18.2 Å². The maximum absolute atomic E-state index is 12.9. The summed E-state index contributed by atoms with van der Waals surface area (Å²) in [6.07, 6.45) is -2.25. The van der Waals surface area contributed by atoms with E-state index < -0.39 is 12.1 Å². The Balaban J connectivity index is 1.56. The third-order valence-electron chi connectivity index (χ3n) is 4.72. The molecular formula is C20H21F4NO. The van der Waals surface area contributed by atoms with Gasteiger partial charge in [0.05, 0.1) is 5.92 Å². The molecule has 140 valence electrons. The molecule has 2 aromatic carbocycles. The van der Waals surface area contributed by atoms with Gasteiger partial charge in [-0.25, -0.2) is 4.39 Å². The fraction of sp³-hybridized carbons (Fsp3) is 0.400. The number of halogens is 4. The van der Waals surface area contributed by atoms with Crippen LogP contribution in [-0.2, 0) is 0 Å². The summed E-state index contributed by atoms with van der Waals surface area (Å²) in [6.45, 7) is 0.507. The Morgan fingerprint density at radius 2 is 1.77 bits per heavy atom. The van der Waals surface area contributed by atoms with Crippen LogP contribution in [0.5, 0.6) is 11.5 Å². The van der Waals surface area contributed by atoms with Crippen LogP contribution in [0.15, 0.2) is 48.5 Å². The highest BCUT2D eigenvalue weighted by atomic mass is 19.4. The molecule has 0 saturated heterocycles. The van der Waals surface area contributed by atoms with E-state index in [9.17, 15) is 17.6 Å². The number of hydrogen-bond donors (Lipinski definition) is 1. The van der Waals surface area contributed by atoms with Crippen molar-refractivity contribution in [1.82, 2.24) is 0 Å². The van der Waals surface area contributed by atoms with Crippen molar-refractivity contribution in [1.29, 1.82) is 0 Å². The average Bonchev–Trinajstić information content (AvgIpc) is 2.62. The Morgan fingerprint density at radius 1 is 1.00 bits per heavy atom. The molecule has 2 aromatic rings. The first-order valence-electron chi connectivity index (χ1n) is 8.74. The van der Waals surface area contributed by atoms with Crippen LogP contribution in [0, 0.1) is 17.7 Å². The monoisotopic (exact) mass is 367 g/mol. The van der Waals surface area contributed by atoms with Crippen LogP contribution in [0.4, 0.5) is 23.2 Å². The van der Waals surface area contributed by atoms with Crippen LogP contribution in [-0.4, -0.2) is 12.7 Å². The van der Waals surface area contributed by atoms with E-state index in [2.05, 4.69) is 5.32 Å². The van der Waals surface area contributed by atoms with E-state index in [0.29, 0.717) is 24.5 Å². The lowest BCUT2D eigenvalue weighted by atomic mass is 9.81. The summed E-state index contributed by atoms with van der Waals surface area (Å²) in [5, 5.41) is 3.21. The van der Waals surface area contributed by atoms with Gasteiger partial charge in [-0.1, -0.05) is 12.5 Å². The lowest BCUT2D eigenvalue weighted by Gasteiger charge is -2.30. The second-order valence-electron chi connectivity index (χ2n) is 6.74. The lowest BCUT2D eigenvalue weighted by Crippen LogP contribution is -2.31. The minimum Gasteiger partial charge on any atom is -0.457 e. The Morgan fingerprint density at radius 3 is 2.50 bits per heavy atom. The highest BCUT2D eigenvalue weighted by Gasteiger charge is 2.41. The molecule has 0 radical (unpaired) electrons. The molecule has 1 fully saturated rings. The second kappa shape index (κ2) is 7.98. The van der Waals surface area contributed by atoms with E-state index in [1.807, 2.05) is 6.07 Å². The number of ether oxygens (including phenoxy) is 1. The zero-order chi connectivity index (χ0) is 18.6. The van der Waals surface area contributed by atoms with Gasteiger partial charge in [0.25, 0.3) is 0 Å². The fourth-order valence-corrected chi connectivity index (χ4v) is 3.34. The molecule has 6 heteroatoms. The maximum Gasteiger partial charge on any atom is 0.391 e. The van der Waals surface area contributed by atoms with E-state index >= 15 is 0 Å². The molecule has 1 N–H and O–H groups in total. The van der Waals surface area contributed by atoms with Gasteiger partial charge in [-0.05, 0) is 61.6 Å². The van der Waals surface area contributed by atoms with Crippen LogP contribution in [0.25, 0.3) is 0 Å². The summed E-state index contributed by atoms with van der Waals surface area (Å²) in [5.74, 6) is -0.409. The van der Waals surface area contributed by atoms with Gasteiger partial charge >= 0.3 is 6.18 Å². The molecule has 0 aliphatic heterocycles. The number of benzene rings is 2. The maximum atomic E-state index is 12.9. The first-order chi connectivity index (χ1) is 12.4. The molecule has 26 heavy (non-hydrogen) atoms. The van der Waals surface area contributed by atoms with Crippen molar-refractivity contribution in [3.8, 4) is 11.5 Å². The topological polar surface area (TPSA) is 21.3 Å². The Bertz CT molecular complexity index is 714.